The summed E-state index contributed by atoms with van der Waals surface area (Å²) < 4.78 is 5.61. The number of likely N-dealkylation sites (tertiary alicyclic amines) is 1. The highest BCUT2D eigenvalue weighted by molar-refractivity contribution is 4.77. The summed E-state index contributed by atoms with van der Waals surface area (Å²) in [5.74, 6) is 0. The first kappa shape index (κ1) is 9.44. The van der Waals surface area contributed by atoms with Crippen molar-refractivity contribution in [2.24, 2.45) is 5.73 Å². The van der Waals surface area contributed by atoms with Gasteiger partial charge in [0.2, 0.25) is 0 Å². The van der Waals surface area contributed by atoms with Gasteiger partial charge in [-0.1, -0.05) is 0 Å². The number of ether oxygens (including phenoxy) is 1. The molecule has 3 nitrogen and oxygen atoms in total. The second-order valence-corrected chi connectivity index (χ2v) is 4.27. The third-order valence-electron chi connectivity index (χ3n) is 3.12. The Morgan fingerprint density at radius 3 is 2.62 bits per heavy atom. The smallest absolute Gasteiger partial charge is 0.0702 e. The van der Waals surface area contributed by atoms with Crippen LogP contribution < -0.4 is 5.73 Å². The number of rotatable bonds is 2. The van der Waals surface area contributed by atoms with Gasteiger partial charge in [-0.15, -0.1) is 0 Å². The monoisotopic (exact) mass is 184 g/mol. The molecule has 0 aliphatic carbocycles. The number of hydrogen-bond donors (Lipinski definition) is 1. The van der Waals surface area contributed by atoms with Crippen LogP contribution in [0.25, 0.3) is 0 Å². The Morgan fingerprint density at radius 1 is 1.23 bits per heavy atom. The molecule has 0 aromatic rings. The van der Waals surface area contributed by atoms with Crippen molar-refractivity contribution in [3.63, 3.8) is 0 Å². The number of hydrogen-bond acceptors (Lipinski definition) is 3. The van der Waals surface area contributed by atoms with Crippen LogP contribution in [0.1, 0.15) is 25.7 Å². The zero-order valence-electron chi connectivity index (χ0n) is 8.24. The first-order valence-electron chi connectivity index (χ1n) is 5.44. The predicted molar refractivity (Wildman–Crippen MR) is 52.6 cm³/mol. The SMILES string of the molecule is NC1CCN(C[C@@H]2CCCO2)CC1. The average molecular weight is 184 g/mol. The van der Waals surface area contributed by atoms with Crippen LogP contribution in [0.15, 0.2) is 0 Å². The van der Waals surface area contributed by atoms with E-state index in [1.807, 2.05) is 0 Å². The summed E-state index contributed by atoms with van der Waals surface area (Å²) in [6, 6.07) is 0.445. The van der Waals surface area contributed by atoms with Gasteiger partial charge in [0.1, 0.15) is 0 Å². The Bertz CT molecular complexity index is 149. The Kier molecular flexibility index (Phi) is 3.19. The summed E-state index contributed by atoms with van der Waals surface area (Å²) in [5, 5.41) is 0. The largest absolute Gasteiger partial charge is 0.377 e. The van der Waals surface area contributed by atoms with Gasteiger partial charge in [-0.3, -0.25) is 0 Å². The van der Waals surface area contributed by atoms with Gasteiger partial charge in [0.25, 0.3) is 0 Å². The molecular weight excluding hydrogens is 164 g/mol. The molecule has 76 valence electrons. The van der Waals surface area contributed by atoms with Crippen LogP contribution >= 0.6 is 0 Å². The molecule has 0 spiro atoms. The van der Waals surface area contributed by atoms with E-state index in [1.54, 1.807) is 0 Å². The molecule has 2 aliphatic heterocycles. The molecule has 13 heavy (non-hydrogen) atoms. The van der Waals surface area contributed by atoms with Gasteiger partial charge in [-0.2, -0.15) is 0 Å². The van der Waals surface area contributed by atoms with Crippen molar-refractivity contribution in [1.29, 1.82) is 0 Å². The van der Waals surface area contributed by atoms with Crippen molar-refractivity contribution < 1.29 is 4.74 Å². The molecule has 2 saturated heterocycles. The van der Waals surface area contributed by atoms with Crippen molar-refractivity contribution >= 4 is 0 Å². The Balaban J connectivity index is 1.69. The van der Waals surface area contributed by atoms with E-state index in [0.29, 0.717) is 12.1 Å². The van der Waals surface area contributed by atoms with Crippen molar-refractivity contribution in [3.8, 4) is 0 Å². The zero-order valence-corrected chi connectivity index (χ0v) is 8.24. The van der Waals surface area contributed by atoms with Gasteiger partial charge in [0, 0.05) is 19.2 Å². The highest BCUT2D eigenvalue weighted by Crippen LogP contribution is 2.16. The summed E-state index contributed by atoms with van der Waals surface area (Å²) in [4.78, 5) is 2.50. The van der Waals surface area contributed by atoms with E-state index >= 15 is 0 Å². The van der Waals surface area contributed by atoms with Crippen LogP contribution in [-0.4, -0.2) is 43.3 Å². The zero-order chi connectivity index (χ0) is 9.10. The molecule has 2 rings (SSSR count). The Labute approximate surface area is 80.2 Å². The number of piperidine rings is 1. The van der Waals surface area contributed by atoms with Gasteiger partial charge in [-0.25, -0.2) is 0 Å². The van der Waals surface area contributed by atoms with Gasteiger partial charge in [0.15, 0.2) is 0 Å². The van der Waals surface area contributed by atoms with Crippen LogP contribution in [0.2, 0.25) is 0 Å². The summed E-state index contributed by atoms with van der Waals surface area (Å²) in [7, 11) is 0. The lowest BCUT2D eigenvalue weighted by Gasteiger charge is -2.31. The minimum atomic E-state index is 0.445. The molecule has 2 heterocycles. The minimum absolute atomic E-state index is 0.445. The predicted octanol–water partition coefficient (Wildman–Crippen LogP) is 0.588. The van der Waals surface area contributed by atoms with Crippen LogP contribution in [0.4, 0.5) is 0 Å². The minimum Gasteiger partial charge on any atom is -0.377 e. The maximum atomic E-state index is 5.85. The molecule has 0 radical (unpaired) electrons. The van der Waals surface area contributed by atoms with Gasteiger partial charge >= 0.3 is 0 Å². The standard InChI is InChI=1S/C10H20N2O/c11-9-3-5-12(6-4-9)8-10-2-1-7-13-10/h9-10H,1-8,11H2/t10-/m0/s1. The Hall–Kier alpha value is -0.120. The molecule has 0 bridgehead atoms. The van der Waals surface area contributed by atoms with Crippen molar-refractivity contribution in [2.75, 3.05) is 26.2 Å². The second-order valence-electron chi connectivity index (χ2n) is 4.27. The number of nitrogens with zero attached hydrogens (tertiary/aromatic N) is 1. The van der Waals surface area contributed by atoms with Gasteiger partial charge in [-0.05, 0) is 38.8 Å². The molecule has 0 unspecified atom stereocenters. The van der Waals surface area contributed by atoms with E-state index in [2.05, 4.69) is 4.90 Å². The van der Waals surface area contributed by atoms with E-state index in [-0.39, 0.29) is 0 Å². The molecule has 3 heteroatoms. The molecule has 0 saturated carbocycles. The lowest BCUT2D eigenvalue weighted by molar-refractivity contribution is 0.0646. The van der Waals surface area contributed by atoms with Crippen LogP contribution in [0, 0.1) is 0 Å². The van der Waals surface area contributed by atoms with Crippen LogP contribution in [0.5, 0.6) is 0 Å². The maximum absolute atomic E-state index is 5.85. The van der Waals surface area contributed by atoms with E-state index < -0.39 is 0 Å². The van der Waals surface area contributed by atoms with E-state index in [4.69, 9.17) is 10.5 Å². The quantitative estimate of drug-likeness (QED) is 0.682. The third-order valence-corrected chi connectivity index (χ3v) is 3.12. The van der Waals surface area contributed by atoms with Crippen molar-refractivity contribution in [2.45, 2.75) is 37.8 Å². The molecule has 2 fully saturated rings. The number of nitrogens with two attached hydrogens (primary N) is 1. The highest BCUT2D eigenvalue weighted by Gasteiger charge is 2.22. The molecular formula is C10H20N2O. The van der Waals surface area contributed by atoms with E-state index in [0.717, 1.165) is 26.0 Å². The summed E-state index contributed by atoms with van der Waals surface area (Å²) >= 11 is 0. The topological polar surface area (TPSA) is 38.5 Å². The van der Waals surface area contributed by atoms with Gasteiger partial charge in [0.05, 0.1) is 6.10 Å². The molecule has 0 aromatic carbocycles. The third kappa shape index (κ3) is 2.66. The second kappa shape index (κ2) is 4.40. The van der Waals surface area contributed by atoms with Crippen LogP contribution in [-0.2, 0) is 4.74 Å². The molecule has 1 atom stereocenters. The normalized spacial score (nSPS) is 32.5. The first-order valence-corrected chi connectivity index (χ1v) is 5.44. The fraction of sp³-hybridized carbons (Fsp3) is 1.00. The summed E-state index contributed by atoms with van der Waals surface area (Å²) in [5.41, 5.74) is 5.85. The Morgan fingerprint density at radius 2 is 2.00 bits per heavy atom. The van der Waals surface area contributed by atoms with E-state index in [9.17, 15) is 0 Å². The molecule has 0 aromatic heterocycles. The van der Waals surface area contributed by atoms with Crippen molar-refractivity contribution in [1.82, 2.24) is 4.90 Å². The summed E-state index contributed by atoms with van der Waals surface area (Å²) in [6.45, 7) is 4.44. The lowest BCUT2D eigenvalue weighted by Crippen LogP contribution is -2.42. The maximum Gasteiger partial charge on any atom is 0.0702 e. The first-order chi connectivity index (χ1) is 6.34. The van der Waals surface area contributed by atoms with Crippen molar-refractivity contribution in [3.05, 3.63) is 0 Å². The lowest BCUT2D eigenvalue weighted by atomic mass is 10.1. The van der Waals surface area contributed by atoms with Crippen LogP contribution in [0.3, 0.4) is 0 Å². The average Bonchev–Trinajstić information content (AvgIpc) is 2.62. The van der Waals surface area contributed by atoms with E-state index in [1.165, 1.54) is 25.9 Å². The van der Waals surface area contributed by atoms with Gasteiger partial charge < -0.3 is 15.4 Å². The molecule has 2 aliphatic rings. The fourth-order valence-electron chi connectivity index (χ4n) is 2.21. The highest BCUT2D eigenvalue weighted by atomic mass is 16.5. The molecule has 2 N–H and O–H groups in total. The summed E-state index contributed by atoms with van der Waals surface area (Å²) in [6.07, 6.45) is 5.33. The fourth-order valence-corrected chi connectivity index (χ4v) is 2.21. The molecule has 0 amide bonds.